The molecule has 2 heterocycles. The molecule has 1 fully saturated rings. The molecule has 1 atom stereocenters. The summed E-state index contributed by atoms with van der Waals surface area (Å²) < 4.78 is 5.20. The van der Waals surface area contributed by atoms with Crippen LogP contribution in [0.2, 0.25) is 10.0 Å². The highest BCUT2D eigenvalue weighted by Gasteiger charge is 2.47. The summed E-state index contributed by atoms with van der Waals surface area (Å²) in [7, 11) is 0. The molecule has 4 rings (SSSR count). The number of aliphatic hydroxyl groups is 1. The summed E-state index contributed by atoms with van der Waals surface area (Å²) in [5, 5.41) is 11.6. The minimum Gasteiger partial charge on any atom is -0.507 e. The van der Waals surface area contributed by atoms with Crippen LogP contribution in [0.4, 0.5) is 5.69 Å². The Morgan fingerprint density at radius 3 is 2.31 bits per heavy atom. The summed E-state index contributed by atoms with van der Waals surface area (Å²) in [4.78, 5) is 44.0. The highest BCUT2D eigenvalue weighted by molar-refractivity contribution is 6.51. The second-order valence-corrected chi connectivity index (χ2v) is 8.90. The normalized spacial score (nSPS) is 17.2. The predicted molar refractivity (Wildman–Crippen MR) is 132 cm³/mol. The Hall–Kier alpha value is -3.68. The SMILES string of the molecule is CC(C)OC(=O)c1ccc(N2C(=O)C(=O)/C(=C(\O)c3ccc(Cl)c(Cl)c3)C2c2cccnc2)cc1. The topological polar surface area (TPSA) is 96.8 Å². The molecule has 1 unspecified atom stereocenters. The number of benzene rings is 2. The van der Waals surface area contributed by atoms with Crippen molar-refractivity contribution >= 4 is 52.3 Å². The third kappa shape index (κ3) is 4.78. The number of anilines is 1. The predicted octanol–water partition coefficient (Wildman–Crippen LogP) is 5.58. The number of rotatable bonds is 5. The number of hydrogen-bond acceptors (Lipinski definition) is 6. The van der Waals surface area contributed by atoms with Gasteiger partial charge in [-0.05, 0) is 67.9 Å². The Morgan fingerprint density at radius 1 is 1.03 bits per heavy atom. The number of nitrogens with zero attached hydrogens (tertiary/aromatic N) is 2. The van der Waals surface area contributed by atoms with Crippen LogP contribution in [0, 0.1) is 0 Å². The van der Waals surface area contributed by atoms with E-state index in [1.165, 1.54) is 41.4 Å². The van der Waals surface area contributed by atoms with Crippen LogP contribution in [0.15, 0.2) is 72.6 Å². The molecule has 1 amide bonds. The number of halogens is 2. The van der Waals surface area contributed by atoms with Crippen molar-refractivity contribution in [3.8, 4) is 0 Å². The lowest BCUT2D eigenvalue weighted by atomic mass is 9.96. The number of carbonyl (C=O) groups excluding carboxylic acids is 3. The zero-order chi connectivity index (χ0) is 25.3. The summed E-state index contributed by atoms with van der Waals surface area (Å²) in [5.41, 5.74) is 1.28. The van der Waals surface area contributed by atoms with Gasteiger partial charge in [-0.15, -0.1) is 0 Å². The van der Waals surface area contributed by atoms with Gasteiger partial charge in [0.15, 0.2) is 0 Å². The first-order valence-electron chi connectivity index (χ1n) is 10.7. The first-order valence-corrected chi connectivity index (χ1v) is 11.4. The first-order chi connectivity index (χ1) is 16.7. The fourth-order valence-corrected chi connectivity index (χ4v) is 4.09. The molecule has 0 bridgehead atoms. The van der Waals surface area contributed by atoms with Gasteiger partial charge in [0.25, 0.3) is 11.7 Å². The summed E-state index contributed by atoms with van der Waals surface area (Å²) in [6.07, 6.45) is 2.79. The molecule has 0 aliphatic carbocycles. The number of aromatic nitrogens is 1. The molecule has 7 nitrogen and oxygen atoms in total. The van der Waals surface area contributed by atoms with Gasteiger partial charge in [-0.3, -0.25) is 19.5 Å². The summed E-state index contributed by atoms with van der Waals surface area (Å²) in [6, 6.07) is 12.9. The molecule has 178 valence electrons. The monoisotopic (exact) mass is 510 g/mol. The fraction of sp³-hybridized carbons (Fsp3) is 0.154. The number of ketones is 1. The van der Waals surface area contributed by atoms with Crippen molar-refractivity contribution in [2.24, 2.45) is 0 Å². The summed E-state index contributed by atoms with van der Waals surface area (Å²) in [5.74, 6) is -2.60. The van der Waals surface area contributed by atoms with Crippen molar-refractivity contribution in [3.63, 3.8) is 0 Å². The lowest BCUT2D eigenvalue weighted by Gasteiger charge is -2.25. The van der Waals surface area contributed by atoms with Crippen molar-refractivity contribution in [3.05, 3.63) is 99.3 Å². The molecule has 1 N–H and O–H groups in total. The van der Waals surface area contributed by atoms with Gasteiger partial charge in [0.05, 0.1) is 33.3 Å². The van der Waals surface area contributed by atoms with Crippen LogP contribution in [-0.2, 0) is 14.3 Å². The van der Waals surface area contributed by atoms with Crippen LogP contribution in [0.1, 0.15) is 41.4 Å². The lowest BCUT2D eigenvalue weighted by molar-refractivity contribution is -0.132. The number of esters is 1. The van der Waals surface area contributed by atoms with Gasteiger partial charge >= 0.3 is 5.97 Å². The number of ether oxygens (including phenoxy) is 1. The number of Topliss-reactive ketones (excluding diaryl/α,β-unsaturated/α-hetero) is 1. The van der Waals surface area contributed by atoms with E-state index in [0.717, 1.165) is 0 Å². The van der Waals surface area contributed by atoms with Gasteiger partial charge < -0.3 is 9.84 Å². The second kappa shape index (κ2) is 9.90. The van der Waals surface area contributed by atoms with E-state index in [9.17, 15) is 19.5 Å². The fourth-order valence-electron chi connectivity index (χ4n) is 3.79. The Kier molecular flexibility index (Phi) is 6.91. The minimum atomic E-state index is -0.966. The zero-order valence-electron chi connectivity index (χ0n) is 18.7. The Morgan fingerprint density at radius 2 is 1.71 bits per heavy atom. The van der Waals surface area contributed by atoms with E-state index in [0.29, 0.717) is 16.8 Å². The highest BCUT2D eigenvalue weighted by atomic mass is 35.5. The van der Waals surface area contributed by atoms with Crippen LogP contribution >= 0.6 is 23.2 Å². The maximum atomic E-state index is 13.2. The van der Waals surface area contributed by atoms with Gasteiger partial charge in [-0.2, -0.15) is 0 Å². The largest absolute Gasteiger partial charge is 0.507 e. The zero-order valence-corrected chi connectivity index (χ0v) is 20.2. The smallest absolute Gasteiger partial charge is 0.338 e. The van der Waals surface area contributed by atoms with Crippen molar-refractivity contribution < 1.29 is 24.2 Å². The van der Waals surface area contributed by atoms with E-state index in [-0.39, 0.29) is 27.3 Å². The van der Waals surface area contributed by atoms with Crippen molar-refractivity contribution in [2.75, 3.05) is 4.90 Å². The third-order valence-corrected chi connectivity index (χ3v) is 6.10. The van der Waals surface area contributed by atoms with E-state index in [1.54, 1.807) is 44.3 Å². The van der Waals surface area contributed by atoms with Crippen LogP contribution in [0.5, 0.6) is 0 Å². The van der Waals surface area contributed by atoms with Gasteiger partial charge in [-0.1, -0.05) is 29.3 Å². The van der Waals surface area contributed by atoms with Crippen molar-refractivity contribution in [1.82, 2.24) is 4.98 Å². The molecule has 1 aliphatic rings. The minimum absolute atomic E-state index is 0.121. The molecular formula is C26H20Cl2N2O5. The third-order valence-electron chi connectivity index (χ3n) is 5.36. The van der Waals surface area contributed by atoms with Gasteiger partial charge in [0.1, 0.15) is 5.76 Å². The molecule has 1 saturated heterocycles. The number of amides is 1. The van der Waals surface area contributed by atoms with E-state index in [4.69, 9.17) is 27.9 Å². The molecule has 0 spiro atoms. The van der Waals surface area contributed by atoms with E-state index in [2.05, 4.69) is 4.98 Å². The second-order valence-electron chi connectivity index (χ2n) is 8.09. The molecule has 1 aliphatic heterocycles. The molecule has 35 heavy (non-hydrogen) atoms. The average Bonchev–Trinajstić information content (AvgIpc) is 3.11. The molecule has 0 radical (unpaired) electrons. The lowest BCUT2D eigenvalue weighted by Crippen LogP contribution is -2.29. The number of hydrogen-bond donors (Lipinski definition) is 1. The molecule has 0 saturated carbocycles. The maximum Gasteiger partial charge on any atom is 0.338 e. The quantitative estimate of drug-likeness (QED) is 0.208. The molecule has 2 aromatic carbocycles. The maximum absolute atomic E-state index is 13.2. The molecule has 9 heteroatoms. The van der Waals surface area contributed by atoms with Crippen LogP contribution in [0.3, 0.4) is 0 Å². The first kappa shape index (κ1) is 24.4. The standard InChI is InChI=1S/C26H20Cl2N2O5/c1-14(2)35-26(34)15-5-8-18(9-6-15)30-22(17-4-3-11-29-13-17)21(24(32)25(30)33)23(31)16-7-10-19(27)20(28)12-16/h3-14,22,31H,1-2H3/b23-21-. The Balaban J connectivity index is 1.83. The van der Waals surface area contributed by atoms with E-state index in [1.807, 2.05) is 0 Å². The Labute approximate surface area is 211 Å². The molecular weight excluding hydrogens is 491 g/mol. The number of pyridine rings is 1. The average molecular weight is 511 g/mol. The number of carbonyl (C=O) groups is 3. The van der Waals surface area contributed by atoms with Crippen molar-refractivity contribution in [2.45, 2.75) is 26.0 Å². The number of aliphatic hydroxyl groups excluding tert-OH is 1. The molecule has 3 aromatic rings. The van der Waals surface area contributed by atoms with Crippen LogP contribution in [0.25, 0.3) is 5.76 Å². The van der Waals surface area contributed by atoms with Gasteiger partial charge in [0.2, 0.25) is 0 Å². The van der Waals surface area contributed by atoms with Gasteiger partial charge in [-0.25, -0.2) is 4.79 Å². The van der Waals surface area contributed by atoms with Crippen molar-refractivity contribution in [1.29, 1.82) is 0 Å². The van der Waals surface area contributed by atoms with Crippen LogP contribution in [-0.4, -0.2) is 33.9 Å². The summed E-state index contributed by atoms with van der Waals surface area (Å²) >= 11 is 12.1. The van der Waals surface area contributed by atoms with Crippen LogP contribution < -0.4 is 4.90 Å². The highest BCUT2D eigenvalue weighted by Crippen LogP contribution is 2.42. The Bertz CT molecular complexity index is 1340. The van der Waals surface area contributed by atoms with Gasteiger partial charge in [0, 0.05) is 23.6 Å². The van der Waals surface area contributed by atoms with E-state index < -0.39 is 29.5 Å². The summed E-state index contributed by atoms with van der Waals surface area (Å²) in [6.45, 7) is 3.49. The molecule has 1 aromatic heterocycles. The van der Waals surface area contributed by atoms with E-state index >= 15 is 0 Å².